The Balaban J connectivity index is 1.43. The van der Waals surface area contributed by atoms with Gasteiger partial charge in [0.05, 0.1) is 10.7 Å². The first-order valence-corrected chi connectivity index (χ1v) is 8.91. The van der Waals surface area contributed by atoms with Crippen LogP contribution in [0.25, 0.3) is 0 Å². The zero-order chi connectivity index (χ0) is 18.4. The molecular formula is C17H19N7OS. The lowest BCUT2D eigenvalue weighted by Gasteiger charge is -2.07. The number of rotatable bonds is 7. The van der Waals surface area contributed by atoms with Crippen molar-refractivity contribution >= 4 is 34.7 Å². The topological polar surface area (TPSA) is 105 Å². The second-order valence-corrected chi connectivity index (χ2v) is 6.68. The lowest BCUT2D eigenvalue weighted by Crippen LogP contribution is -2.28. The van der Waals surface area contributed by atoms with Gasteiger partial charge < -0.3 is 16.0 Å². The van der Waals surface area contributed by atoms with Crippen molar-refractivity contribution in [1.82, 2.24) is 25.5 Å². The summed E-state index contributed by atoms with van der Waals surface area (Å²) in [5, 5.41) is 18.1. The molecule has 0 aliphatic rings. The summed E-state index contributed by atoms with van der Waals surface area (Å²) in [5.41, 5.74) is 0.764. The highest BCUT2D eigenvalue weighted by atomic mass is 32.1. The molecule has 1 amide bonds. The third kappa shape index (κ3) is 4.73. The van der Waals surface area contributed by atoms with E-state index in [1.165, 1.54) is 11.3 Å². The molecule has 0 unspecified atom stereocenters. The standard InChI is InChI=1S/C17H19N7OS/c1-11-16(26-12(2)21-11)17(25)20-10-9-19-14-6-7-15(24-23-14)22-13-5-3-4-8-18-13/h3-8H,9-10H2,1-2H3,(H,19,23)(H,20,25)(H,18,22,24). The van der Waals surface area contributed by atoms with Gasteiger partial charge in [-0.3, -0.25) is 4.79 Å². The third-order valence-electron chi connectivity index (χ3n) is 3.41. The number of thiazole rings is 1. The number of nitrogens with zero attached hydrogens (tertiary/aromatic N) is 4. The molecule has 8 nitrogen and oxygen atoms in total. The molecule has 0 radical (unpaired) electrons. The Bertz CT molecular complexity index is 865. The molecule has 0 bridgehead atoms. The maximum absolute atomic E-state index is 12.1. The minimum Gasteiger partial charge on any atom is -0.367 e. The van der Waals surface area contributed by atoms with Crippen LogP contribution in [0.1, 0.15) is 20.4 Å². The number of hydrogen-bond acceptors (Lipinski definition) is 8. The highest BCUT2D eigenvalue weighted by Gasteiger charge is 2.12. The normalized spacial score (nSPS) is 10.4. The number of anilines is 3. The Labute approximate surface area is 155 Å². The van der Waals surface area contributed by atoms with Crippen LogP contribution in [0.2, 0.25) is 0 Å². The number of aryl methyl sites for hydroxylation is 2. The van der Waals surface area contributed by atoms with Crippen LogP contribution in [-0.2, 0) is 0 Å². The zero-order valence-corrected chi connectivity index (χ0v) is 15.3. The monoisotopic (exact) mass is 369 g/mol. The predicted octanol–water partition coefficient (Wildman–Crippen LogP) is 2.53. The highest BCUT2D eigenvalue weighted by Crippen LogP contribution is 2.16. The molecule has 3 N–H and O–H groups in total. The van der Waals surface area contributed by atoms with E-state index in [2.05, 4.69) is 36.1 Å². The van der Waals surface area contributed by atoms with Gasteiger partial charge in [-0.15, -0.1) is 21.5 Å². The average molecular weight is 369 g/mol. The van der Waals surface area contributed by atoms with Gasteiger partial charge in [-0.2, -0.15) is 0 Å². The SMILES string of the molecule is Cc1nc(C)c(C(=O)NCCNc2ccc(Nc3ccccn3)nn2)s1. The Kier molecular flexibility index (Phi) is 5.69. The first kappa shape index (κ1) is 17.7. The average Bonchev–Trinajstić information content (AvgIpc) is 2.99. The van der Waals surface area contributed by atoms with Gasteiger partial charge in [-0.05, 0) is 38.1 Å². The Morgan fingerprint density at radius 3 is 2.50 bits per heavy atom. The Morgan fingerprint density at radius 2 is 1.85 bits per heavy atom. The molecule has 0 aliphatic heterocycles. The minimum atomic E-state index is -0.101. The van der Waals surface area contributed by atoms with Crippen LogP contribution >= 0.6 is 11.3 Å². The van der Waals surface area contributed by atoms with E-state index in [1.807, 2.05) is 44.2 Å². The first-order chi connectivity index (χ1) is 12.6. The number of carbonyl (C=O) groups excluding carboxylic acids is 1. The third-order valence-corrected chi connectivity index (χ3v) is 4.48. The van der Waals surface area contributed by atoms with Gasteiger partial charge in [0, 0.05) is 19.3 Å². The van der Waals surface area contributed by atoms with E-state index in [1.54, 1.807) is 6.20 Å². The van der Waals surface area contributed by atoms with Crippen molar-refractivity contribution < 1.29 is 4.79 Å². The molecule has 0 aliphatic carbocycles. The molecule has 0 aromatic carbocycles. The molecule has 0 spiro atoms. The van der Waals surface area contributed by atoms with Crippen molar-refractivity contribution in [2.75, 3.05) is 23.7 Å². The van der Waals surface area contributed by atoms with Crippen LogP contribution in [-0.4, -0.2) is 39.2 Å². The van der Waals surface area contributed by atoms with E-state index in [4.69, 9.17) is 0 Å². The van der Waals surface area contributed by atoms with Crippen LogP contribution < -0.4 is 16.0 Å². The van der Waals surface area contributed by atoms with Crippen LogP contribution in [0.15, 0.2) is 36.5 Å². The second kappa shape index (κ2) is 8.34. The van der Waals surface area contributed by atoms with Crippen LogP contribution in [0, 0.1) is 13.8 Å². The van der Waals surface area contributed by atoms with E-state index in [-0.39, 0.29) is 5.91 Å². The van der Waals surface area contributed by atoms with Gasteiger partial charge in [0.15, 0.2) is 5.82 Å². The van der Waals surface area contributed by atoms with Crippen molar-refractivity contribution in [3.63, 3.8) is 0 Å². The maximum atomic E-state index is 12.1. The molecular weight excluding hydrogens is 350 g/mol. The predicted molar refractivity (Wildman–Crippen MR) is 102 cm³/mol. The van der Waals surface area contributed by atoms with E-state index < -0.39 is 0 Å². The smallest absolute Gasteiger partial charge is 0.263 e. The summed E-state index contributed by atoms with van der Waals surface area (Å²) in [6.45, 7) is 4.75. The summed E-state index contributed by atoms with van der Waals surface area (Å²) >= 11 is 1.40. The van der Waals surface area contributed by atoms with Gasteiger partial charge in [0.25, 0.3) is 5.91 Å². The van der Waals surface area contributed by atoms with Gasteiger partial charge in [-0.25, -0.2) is 9.97 Å². The van der Waals surface area contributed by atoms with Crippen molar-refractivity contribution in [3.05, 3.63) is 52.1 Å². The maximum Gasteiger partial charge on any atom is 0.263 e. The molecule has 3 rings (SSSR count). The Hall–Kier alpha value is -3.07. The number of aromatic nitrogens is 4. The summed E-state index contributed by atoms with van der Waals surface area (Å²) in [5.74, 6) is 1.85. The van der Waals surface area contributed by atoms with Gasteiger partial charge in [0.1, 0.15) is 16.5 Å². The van der Waals surface area contributed by atoms with E-state index in [9.17, 15) is 4.79 Å². The molecule has 0 saturated carbocycles. The van der Waals surface area contributed by atoms with Crippen molar-refractivity contribution in [3.8, 4) is 0 Å². The summed E-state index contributed by atoms with van der Waals surface area (Å²) in [6, 6.07) is 9.22. The first-order valence-electron chi connectivity index (χ1n) is 8.10. The molecule has 26 heavy (non-hydrogen) atoms. The van der Waals surface area contributed by atoms with Crippen LogP contribution in [0.4, 0.5) is 17.5 Å². The van der Waals surface area contributed by atoms with Gasteiger partial charge in [-0.1, -0.05) is 6.07 Å². The number of hydrogen-bond donors (Lipinski definition) is 3. The fourth-order valence-corrected chi connectivity index (χ4v) is 3.09. The molecule has 3 aromatic rings. The van der Waals surface area contributed by atoms with Crippen molar-refractivity contribution in [1.29, 1.82) is 0 Å². The minimum absolute atomic E-state index is 0.101. The number of amides is 1. The highest BCUT2D eigenvalue weighted by molar-refractivity contribution is 7.13. The van der Waals surface area contributed by atoms with E-state index in [0.717, 1.165) is 10.7 Å². The van der Waals surface area contributed by atoms with Crippen LogP contribution in [0.5, 0.6) is 0 Å². The fourth-order valence-electron chi connectivity index (χ4n) is 2.25. The Morgan fingerprint density at radius 1 is 1.04 bits per heavy atom. The van der Waals surface area contributed by atoms with E-state index in [0.29, 0.717) is 35.4 Å². The lowest BCUT2D eigenvalue weighted by atomic mass is 10.3. The quantitative estimate of drug-likeness (QED) is 0.550. The zero-order valence-electron chi connectivity index (χ0n) is 14.5. The summed E-state index contributed by atoms with van der Waals surface area (Å²) < 4.78 is 0. The van der Waals surface area contributed by atoms with Gasteiger partial charge >= 0.3 is 0 Å². The summed E-state index contributed by atoms with van der Waals surface area (Å²) in [4.78, 5) is 21.2. The van der Waals surface area contributed by atoms with Crippen molar-refractivity contribution in [2.45, 2.75) is 13.8 Å². The second-order valence-electron chi connectivity index (χ2n) is 5.47. The molecule has 3 aromatic heterocycles. The molecule has 3 heterocycles. The number of nitrogens with one attached hydrogen (secondary N) is 3. The van der Waals surface area contributed by atoms with Gasteiger partial charge in [0.2, 0.25) is 0 Å². The lowest BCUT2D eigenvalue weighted by molar-refractivity contribution is 0.0958. The number of carbonyl (C=O) groups is 1. The summed E-state index contributed by atoms with van der Waals surface area (Å²) in [6.07, 6.45) is 1.70. The molecule has 0 fully saturated rings. The molecule has 9 heteroatoms. The van der Waals surface area contributed by atoms with E-state index >= 15 is 0 Å². The molecule has 0 saturated heterocycles. The van der Waals surface area contributed by atoms with Crippen LogP contribution in [0.3, 0.4) is 0 Å². The van der Waals surface area contributed by atoms with Crippen molar-refractivity contribution in [2.24, 2.45) is 0 Å². The molecule has 134 valence electrons. The fraction of sp³-hybridized carbons (Fsp3) is 0.235. The molecule has 0 atom stereocenters. The largest absolute Gasteiger partial charge is 0.367 e. The number of pyridine rings is 1. The summed E-state index contributed by atoms with van der Waals surface area (Å²) in [7, 11) is 0.